The van der Waals surface area contributed by atoms with Crippen LogP contribution in [0.5, 0.6) is 11.5 Å². The number of rotatable bonds is 6. The standard InChI is InChI=1S/C21H25NO6/c1-13-19(21(24)27-4)16(20(23)22(13)12-15-6-5-9-28-15)10-14-7-8-17(25-2)18(11-14)26-3/h7-8,10-11,15H,5-6,9,12H2,1-4H3/b16-10-/t15-/m1/s1. The van der Waals surface area contributed by atoms with Gasteiger partial charge in [0.2, 0.25) is 0 Å². The molecule has 1 aromatic rings. The molecular weight excluding hydrogens is 362 g/mol. The minimum atomic E-state index is -0.535. The van der Waals surface area contributed by atoms with E-state index in [0.29, 0.717) is 41.5 Å². The second-order valence-electron chi connectivity index (χ2n) is 6.68. The summed E-state index contributed by atoms with van der Waals surface area (Å²) in [5, 5.41) is 0. The molecule has 0 saturated carbocycles. The molecule has 1 amide bonds. The van der Waals surface area contributed by atoms with Gasteiger partial charge in [0.15, 0.2) is 11.5 Å². The Bertz CT molecular complexity index is 835. The van der Waals surface area contributed by atoms with Crippen molar-refractivity contribution in [2.75, 3.05) is 34.5 Å². The Morgan fingerprint density at radius 3 is 2.61 bits per heavy atom. The second kappa shape index (κ2) is 8.48. The summed E-state index contributed by atoms with van der Waals surface area (Å²) in [6.45, 7) is 2.89. The van der Waals surface area contributed by atoms with Gasteiger partial charge in [-0.2, -0.15) is 0 Å². The number of hydrogen-bond donors (Lipinski definition) is 0. The summed E-state index contributed by atoms with van der Waals surface area (Å²) >= 11 is 0. The van der Waals surface area contributed by atoms with Crippen LogP contribution >= 0.6 is 0 Å². The molecule has 2 heterocycles. The summed E-state index contributed by atoms with van der Waals surface area (Å²) in [7, 11) is 4.41. The minimum Gasteiger partial charge on any atom is -0.493 e. The minimum absolute atomic E-state index is 0.0155. The molecule has 0 N–H and O–H groups in total. The van der Waals surface area contributed by atoms with Crippen LogP contribution in [0.2, 0.25) is 0 Å². The molecule has 2 aliphatic rings. The van der Waals surface area contributed by atoms with Gasteiger partial charge < -0.3 is 23.8 Å². The van der Waals surface area contributed by atoms with Gasteiger partial charge in [0, 0.05) is 12.3 Å². The predicted octanol–water partition coefficient (Wildman–Crippen LogP) is 2.56. The van der Waals surface area contributed by atoms with Gasteiger partial charge in [-0.15, -0.1) is 0 Å². The number of hydrogen-bond acceptors (Lipinski definition) is 6. The Labute approximate surface area is 164 Å². The lowest BCUT2D eigenvalue weighted by Crippen LogP contribution is -2.33. The fourth-order valence-electron chi connectivity index (χ4n) is 3.55. The van der Waals surface area contributed by atoms with Crippen LogP contribution < -0.4 is 9.47 Å². The lowest BCUT2D eigenvalue weighted by molar-refractivity contribution is -0.136. The molecule has 1 saturated heterocycles. The second-order valence-corrected chi connectivity index (χ2v) is 6.68. The van der Waals surface area contributed by atoms with Gasteiger partial charge in [-0.05, 0) is 43.5 Å². The molecule has 0 spiro atoms. The van der Waals surface area contributed by atoms with E-state index in [2.05, 4.69) is 0 Å². The van der Waals surface area contributed by atoms with Gasteiger partial charge >= 0.3 is 5.97 Å². The molecule has 0 aliphatic carbocycles. The molecule has 2 aliphatic heterocycles. The highest BCUT2D eigenvalue weighted by molar-refractivity contribution is 6.16. The van der Waals surface area contributed by atoms with E-state index in [-0.39, 0.29) is 17.6 Å². The molecule has 1 aromatic carbocycles. The van der Waals surface area contributed by atoms with Crippen LogP contribution in [-0.4, -0.2) is 57.4 Å². The fourth-order valence-corrected chi connectivity index (χ4v) is 3.55. The Morgan fingerprint density at radius 2 is 2.00 bits per heavy atom. The van der Waals surface area contributed by atoms with Gasteiger partial charge in [-0.1, -0.05) is 6.07 Å². The average Bonchev–Trinajstić information content (AvgIpc) is 3.30. The van der Waals surface area contributed by atoms with Crippen LogP contribution in [0.25, 0.3) is 6.08 Å². The number of nitrogens with zero attached hydrogens (tertiary/aromatic N) is 1. The maximum atomic E-state index is 13.1. The average molecular weight is 387 g/mol. The van der Waals surface area contributed by atoms with Crippen LogP contribution in [-0.2, 0) is 19.1 Å². The van der Waals surface area contributed by atoms with Crippen molar-refractivity contribution >= 4 is 18.0 Å². The molecule has 7 heteroatoms. The third-order valence-corrected chi connectivity index (χ3v) is 5.03. The SMILES string of the molecule is COC(=O)C1=C(C)N(C[C@H]2CCCO2)C(=O)/C1=C\c1ccc(OC)c(OC)c1. The third-order valence-electron chi connectivity index (χ3n) is 5.03. The highest BCUT2D eigenvalue weighted by Crippen LogP contribution is 2.34. The van der Waals surface area contributed by atoms with Crippen molar-refractivity contribution in [2.24, 2.45) is 0 Å². The lowest BCUT2D eigenvalue weighted by atomic mass is 10.0. The summed E-state index contributed by atoms with van der Waals surface area (Å²) < 4.78 is 21.2. The monoisotopic (exact) mass is 387 g/mol. The van der Waals surface area contributed by atoms with Crippen molar-refractivity contribution in [2.45, 2.75) is 25.9 Å². The molecule has 3 rings (SSSR count). The van der Waals surface area contributed by atoms with Crippen molar-refractivity contribution in [3.05, 3.63) is 40.6 Å². The van der Waals surface area contributed by atoms with Crippen molar-refractivity contribution in [3.63, 3.8) is 0 Å². The number of carbonyl (C=O) groups is 2. The number of esters is 1. The molecule has 150 valence electrons. The van der Waals surface area contributed by atoms with Gasteiger partial charge in [0.1, 0.15) is 0 Å². The van der Waals surface area contributed by atoms with Crippen molar-refractivity contribution in [1.82, 2.24) is 4.90 Å². The smallest absolute Gasteiger partial charge is 0.340 e. The Hall–Kier alpha value is -2.80. The molecule has 28 heavy (non-hydrogen) atoms. The first-order valence-electron chi connectivity index (χ1n) is 9.17. The highest BCUT2D eigenvalue weighted by Gasteiger charge is 2.38. The third kappa shape index (κ3) is 3.75. The van der Waals surface area contributed by atoms with E-state index in [0.717, 1.165) is 12.8 Å². The van der Waals surface area contributed by atoms with E-state index in [4.69, 9.17) is 18.9 Å². The van der Waals surface area contributed by atoms with E-state index in [1.165, 1.54) is 7.11 Å². The Balaban J connectivity index is 1.99. The number of methoxy groups -OCH3 is 3. The molecule has 1 fully saturated rings. The lowest BCUT2D eigenvalue weighted by Gasteiger charge is -2.21. The van der Waals surface area contributed by atoms with Gasteiger partial charge in [-0.25, -0.2) is 4.79 Å². The quantitative estimate of drug-likeness (QED) is 0.552. The van der Waals surface area contributed by atoms with Gasteiger partial charge in [-0.3, -0.25) is 4.79 Å². The number of allylic oxidation sites excluding steroid dienone is 1. The number of carbonyl (C=O) groups excluding carboxylic acids is 2. The van der Waals surface area contributed by atoms with Gasteiger partial charge in [0.05, 0.1) is 45.1 Å². The summed E-state index contributed by atoms with van der Waals surface area (Å²) in [4.78, 5) is 27.1. The summed E-state index contributed by atoms with van der Waals surface area (Å²) in [5.41, 5.74) is 1.88. The molecule has 1 atom stereocenters. The normalized spacial score (nSPS) is 20.9. The zero-order valence-corrected chi connectivity index (χ0v) is 16.6. The number of amides is 1. The summed E-state index contributed by atoms with van der Waals surface area (Å²) in [6, 6.07) is 5.31. The summed E-state index contributed by atoms with van der Waals surface area (Å²) in [6.07, 6.45) is 3.54. The van der Waals surface area contributed by atoms with Crippen molar-refractivity contribution in [1.29, 1.82) is 0 Å². The van der Waals surface area contributed by atoms with E-state index in [9.17, 15) is 9.59 Å². The van der Waals surface area contributed by atoms with Gasteiger partial charge in [0.25, 0.3) is 5.91 Å². The maximum Gasteiger partial charge on any atom is 0.340 e. The van der Waals surface area contributed by atoms with Crippen molar-refractivity contribution < 1.29 is 28.5 Å². The topological polar surface area (TPSA) is 74.3 Å². The van der Waals surface area contributed by atoms with Crippen LogP contribution in [0, 0.1) is 0 Å². The fraction of sp³-hybridized carbons (Fsp3) is 0.429. The molecule has 0 bridgehead atoms. The first-order chi connectivity index (χ1) is 13.5. The molecule has 0 radical (unpaired) electrons. The first kappa shape index (κ1) is 19.9. The summed E-state index contributed by atoms with van der Waals surface area (Å²) in [5.74, 6) is 0.358. The maximum absolute atomic E-state index is 13.1. The zero-order chi connectivity index (χ0) is 20.3. The Morgan fingerprint density at radius 1 is 1.25 bits per heavy atom. The van der Waals surface area contributed by atoms with E-state index < -0.39 is 5.97 Å². The van der Waals surface area contributed by atoms with Crippen LogP contribution in [0.1, 0.15) is 25.3 Å². The highest BCUT2D eigenvalue weighted by atomic mass is 16.5. The molecule has 0 aromatic heterocycles. The largest absolute Gasteiger partial charge is 0.493 e. The molecular formula is C21H25NO6. The Kier molecular flexibility index (Phi) is 6.04. The molecule has 0 unspecified atom stereocenters. The van der Waals surface area contributed by atoms with Crippen LogP contribution in [0.3, 0.4) is 0 Å². The van der Waals surface area contributed by atoms with E-state index in [1.807, 2.05) is 0 Å². The number of benzene rings is 1. The van der Waals surface area contributed by atoms with E-state index in [1.54, 1.807) is 50.3 Å². The van der Waals surface area contributed by atoms with E-state index >= 15 is 0 Å². The van der Waals surface area contributed by atoms with Crippen molar-refractivity contribution in [3.8, 4) is 11.5 Å². The zero-order valence-electron chi connectivity index (χ0n) is 16.6. The predicted molar refractivity (Wildman–Crippen MR) is 103 cm³/mol. The first-order valence-corrected chi connectivity index (χ1v) is 9.17. The molecule has 7 nitrogen and oxygen atoms in total. The number of ether oxygens (including phenoxy) is 4. The van der Waals surface area contributed by atoms with Crippen LogP contribution in [0.15, 0.2) is 35.0 Å². The van der Waals surface area contributed by atoms with Crippen LogP contribution in [0.4, 0.5) is 0 Å².